The minimum absolute atomic E-state index is 0.0331. The van der Waals surface area contributed by atoms with Crippen molar-refractivity contribution in [1.29, 1.82) is 0 Å². The first-order valence-corrected chi connectivity index (χ1v) is 10.5. The smallest absolute Gasteiger partial charge is 0.252 e. The van der Waals surface area contributed by atoms with Crippen LogP contribution in [0, 0.1) is 19.7 Å². The third kappa shape index (κ3) is 4.66. The lowest BCUT2D eigenvalue weighted by atomic mass is 10.0. The van der Waals surface area contributed by atoms with Gasteiger partial charge in [-0.15, -0.1) is 5.10 Å². The van der Waals surface area contributed by atoms with Gasteiger partial charge in [0.1, 0.15) is 5.82 Å². The van der Waals surface area contributed by atoms with E-state index in [9.17, 15) is 9.18 Å². The minimum atomic E-state index is -0.350. The Labute approximate surface area is 181 Å². The number of piperazine rings is 1. The summed E-state index contributed by atoms with van der Waals surface area (Å²) in [5.41, 5.74) is 3.49. The van der Waals surface area contributed by atoms with Crippen LogP contribution in [0.15, 0.2) is 24.3 Å². The van der Waals surface area contributed by atoms with Crippen molar-refractivity contribution in [2.24, 2.45) is 0 Å². The van der Waals surface area contributed by atoms with E-state index in [0.717, 1.165) is 48.8 Å². The Morgan fingerprint density at radius 1 is 1.16 bits per heavy atom. The number of aromatic nitrogens is 4. The van der Waals surface area contributed by atoms with Crippen LogP contribution in [0.4, 0.5) is 10.1 Å². The van der Waals surface area contributed by atoms with E-state index in [1.807, 2.05) is 26.8 Å². The average Bonchev–Trinajstić information content (AvgIpc) is 3.11. The number of likely N-dealkylation sites (N-methyl/N-ethyl adjacent to an activating group) is 1. The Kier molecular flexibility index (Phi) is 5.86. The van der Waals surface area contributed by atoms with Gasteiger partial charge >= 0.3 is 0 Å². The Balaban J connectivity index is 1.49. The fourth-order valence-corrected chi connectivity index (χ4v) is 4.00. The topological polar surface area (TPSA) is 78.7 Å². The van der Waals surface area contributed by atoms with Crippen molar-refractivity contribution in [1.82, 2.24) is 29.8 Å². The van der Waals surface area contributed by atoms with Gasteiger partial charge in [-0.1, -0.05) is 0 Å². The molecule has 1 N–H and O–H groups in total. The van der Waals surface area contributed by atoms with E-state index in [1.54, 1.807) is 10.6 Å². The van der Waals surface area contributed by atoms with Gasteiger partial charge in [-0.2, -0.15) is 4.98 Å². The van der Waals surface area contributed by atoms with Crippen molar-refractivity contribution < 1.29 is 9.18 Å². The summed E-state index contributed by atoms with van der Waals surface area (Å²) in [6.45, 7) is 9.32. The van der Waals surface area contributed by atoms with Gasteiger partial charge in [0.2, 0.25) is 5.91 Å². The highest BCUT2D eigenvalue weighted by molar-refractivity contribution is 5.78. The molecule has 31 heavy (non-hydrogen) atoms. The molecule has 1 aromatic carbocycles. The highest BCUT2D eigenvalue weighted by atomic mass is 19.1. The molecule has 1 atom stereocenters. The predicted octanol–water partition coefficient (Wildman–Crippen LogP) is 2.05. The van der Waals surface area contributed by atoms with Crippen LogP contribution < -0.4 is 10.2 Å². The molecule has 0 spiro atoms. The van der Waals surface area contributed by atoms with Gasteiger partial charge in [0.25, 0.3) is 5.78 Å². The second-order valence-corrected chi connectivity index (χ2v) is 8.24. The molecule has 1 aliphatic rings. The molecule has 8 nitrogen and oxygen atoms in total. The lowest BCUT2D eigenvalue weighted by molar-refractivity contribution is -0.121. The number of benzene rings is 1. The Morgan fingerprint density at radius 3 is 2.65 bits per heavy atom. The molecule has 1 unspecified atom stereocenters. The summed E-state index contributed by atoms with van der Waals surface area (Å²) in [5.74, 6) is 0.361. The monoisotopic (exact) mass is 425 g/mol. The molecule has 2 aromatic heterocycles. The van der Waals surface area contributed by atoms with Crippen molar-refractivity contribution in [3.63, 3.8) is 0 Å². The second-order valence-electron chi connectivity index (χ2n) is 8.24. The van der Waals surface area contributed by atoms with Gasteiger partial charge in [0.05, 0.1) is 12.5 Å². The zero-order valence-electron chi connectivity index (χ0n) is 18.4. The molecule has 1 aliphatic heterocycles. The zero-order valence-corrected chi connectivity index (χ0v) is 18.4. The number of carbonyl (C=O) groups is 1. The van der Waals surface area contributed by atoms with Crippen molar-refractivity contribution in [3.8, 4) is 0 Å². The maximum atomic E-state index is 14.0. The van der Waals surface area contributed by atoms with E-state index in [-0.39, 0.29) is 24.2 Å². The molecular formula is C22H28FN7O. The molecule has 3 heterocycles. The molecule has 164 valence electrons. The van der Waals surface area contributed by atoms with E-state index < -0.39 is 0 Å². The minimum Gasteiger partial charge on any atom is -0.369 e. The van der Waals surface area contributed by atoms with E-state index in [4.69, 9.17) is 0 Å². The summed E-state index contributed by atoms with van der Waals surface area (Å²) >= 11 is 0. The number of fused-ring (bicyclic) bond motifs is 1. The van der Waals surface area contributed by atoms with Crippen LogP contribution in [0.5, 0.6) is 0 Å². The third-order valence-electron chi connectivity index (χ3n) is 5.66. The van der Waals surface area contributed by atoms with Gasteiger partial charge < -0.3 is 15.1 Å². The molecule has 0 saturated carbocycles. The molecule has 1 fully saturated rings. The van der Waals surface area contributed by atoms with Gasteiger partial charge in [0, 0.05) is 48.8 Å². The van der Waals surface area contributed by atoms with E-state index in [0.29, 0.717) is 11.6 Å². The number of carbonyl (C=O) groups excluding carboxylic acids is 1. The first-order chi connectivity index (χ1) is 14.8. The van der Waals surface area contributed by atoms with Gasteiger partial charge in [-0.3, -0.25) is 4.79 Å². The van der Waals surface area contributed by atoms with Crippen LogP contribution in [0.25, 0.3) is 5.78 Å². The van der Waals surface area contributed by atoms with Crippen molar-refractivity contribution >= 4 is 17.4 Å². The quantitative estimate of drug-likeness (QED) is 0.674. The van der Waals surface area contributed by atoms with Gasteiger partial charge in [-0.25, -0.2) is 13.9 Å². The maximum Gasteiger partial charge on any atom is 0.252 e. The molecule has 3 aromatic rings. The van der Waals surface area contributed by atoms with Crippen LogP contribution in [-0.4, -0.2) is 63.6 Å². The number of halogens is 1. The number of nitrogens with one attached hydrogen (secondary N) is 1. The SMILES string of the molecule is Cc1cc(C)n2nc(CC(=O)NC(C)c3cc(F)ccc3N3CCN(C)CC3)nc2n1. The van der Waals surface area contributed by atoms with Crippen molar-refractivity contribution in [2.75, 3.05) is 38.1 Å². The maximum absolute atomic E-state index is 14.0. The fraction of sp³-hybridized carbons (Fsp3) is 0.455. The normalized spacial score (nSPS) is 16.0. The molecule has 1 amide bonds. The van der Waals surface area contributed by atoms with Crippen LogP contribution in [-0.2, 0) is 11.2 Å². The van der Waals surface area contributed by atoms with Crippen LogP contribution in [0.1, 0.15) is 35.7 Å². The summed E-state index contributed by atoms with van der Waals surface area (Å²) in [4.78, 5) is 26.0. The van der Waals surface area contributed by atoms with E-state index in [1.165, 1.54) is 12.1 Å². The van der Waals surface area contributed by atoms with Gasteiger partial charge in [-0.05, 0) is 52.1 Å². The molecule has 0 radical (unpaired) electrons. The van der Waals surface area contributed by atoms with Crippen LogP contribution in [0.2, 0.25) is 0 Å². The van der Waals surface area contributed by atoms with E-state index in [2.05, 4.69) is 37.2 Å². The average molecular weight is 426 g/mol. The zero-order chi connectivity index (χ0) is 22.1. The molecule has 0 bridgehead atoms. The Morgan fingerprint density at radius 2 is 1.90 bits per heavy atom. The highest BCUT2D eigenvalue weighted by Crippen LogP contribution is 2.28. The predicted molar refractivity (Wildman–Crippen MR) is 117 cm³/mol. The molecule has 0 aliphatic carbocycles. The standard InChI is InChI=1S/C22H28FN7O/c1-14-11-15(2)30-22(24-14)26-20(27-30)13-21(31)25-16(3)18-12-17(23)5-6-19(18)29-9-7-28(4)8-10-29/h5-6,11-12,16H,7-10,13H2,1-4H3,(H,25,31). The lowest BCUT2D eigenvalue weighted by Gasteiger charge is -2.36. The molecular weight excluding hydrogens is 397 g/mol. The van der Waals surface area contributed by atoms with E-state index >= 15 is 0 Å². The summed E-state index contributed by atoms with van der Waals surface area (Å²) in [6.07, 6.45) is 0.0331. The Hall–Kier alpha value is -3.07. The number of anilines is 1. The largest absolute Gasteiger partial charge is 0.369 e. The molecule has 4 rings (SSSR count). The number of aryl methyl sites for hydroxylation is 2. The molecule has 9 heteroatoms. The molecule has 1 saturated heterocycles. The van der Waals surface area contributed by atoms with Crippen molar-refractivity contribution in [3.05, 3.63) is 52.9 Å². The number of amides is 1. The first kappa shape index (κ1) is 21.2. The van der Waals surface area contributed by atoms with Crippen molar-refractivity contribution in [2.45, 2.75) is 33.2 Å². The summed E-state index contributed by atoms with van der Waals surface area (Å²) in [7, 11) is 2.09. The van der Waals surface area contributed by atoms with Crippen LogP contribution >= 0.6 is 0 Å². The first-order valence-electron chi connectivity index (χ1n) is 10.5. The summed E-state index contributed by atoms with van der Waals surface area (Å²) in [5, 5.41) is 7.37. The summed E-state index contributed by atoms with van der Waals surface area (Å²) < 4.78 is 15.7. The number of rotatable bonds is 5. The lowest BCUT2D eigenvalue weighted by Crippen LogP contribution is -2.45. The highest BCUT2D eigenvalue weighted by Gasteiger charge is 2.22. The Bertz CT molecular complexity index is 1100. The van der Waals surface area contributed by atoms with Gasteiger partial charge in [0.15, 0.2) is 5.82 Å². The van der Waals surface area contributed by atoms with Crippen LogP contribution in [0.3, 0.4) is 0 Å². The second kappa shape index (κ2) is 8.58. The summed E-state index contributed by atoms with van der Waals surface area (Å²) in [6, 6.07) is 6.36. The third-order valence-corrected chi connectivity index (χ3v) is 5.66. The number of nitrogens with zero attached hydrogens (tertiary/aromatic N) is 6. The number of hydrogen-bond donors (Lipinski definition) is 1. The number of hydrogen-bond acceptors (Lipinski definition) is 6. The fourth-order valence-electron chi connectivity index (χ4n) is 4.00.